The predicted molar refractivity (Wildman–Crippen MR) is 71.9 cm³/mol. The number of methoxy groups -OCH3 is 1. The number of carboxylic acid groups (broad SMARTS) is 1. The van der Waals surface area contributed by atoms with E-state index in [0.717, 1.165) is 12.8 Å². The molecule has 1 amide bonds. The van der Waals surface area contributed by atoms with Crippen molar-refractivity contribution in [2.45, 2.75) is 45.6 Å². The normalized spacial score (nSPS) is 22.4. The first-order valence-corrected chi connectivity index (χ1v) is 6.98. The van der Waals surface area contributed by atoms with Gasteiger partial charge in [-0.1, -0.05) is 12.8 Å². The van der Waals surface area contributed by atoms with Crippen molar-refractivity contribution in [2.75, 3.05) is 13.7 Å². The molecule has 0 spiro atoms. The number of hydrogen-bond donors (Lipinski definition) is 1. The lowest BCUT2D eigenvalue weighted by molar-refractivity contribution is -0.156. The second-order valence-corrected chi connectivity index (χ2v) is 5.47. The Morgan fingerprint density at radius 2 is 1.75 bits per heavy atom. The number of rotatable bonds is 5. The second kappa shape index (κ2) is 7.26. The van der Waals surface area contributed by atoms with Crippen LogP contribution in [0.2, 0.25) is 0 Å². The maximum atomic E-state index is 12.6. The van der Waals surface area contributed by atoms with Gasteiger partial charge in [-0.15, -0.1) is 0 Å². The molecule has 0 bridgehead atoms. The third kappa shape index (κ3) is 3.95. The van der Waals surface area contributed by atoms with Crippen molar-refractivity contribution in [3.63, 3.8) is 0 Å². The van der Waals surface area contributed by atoms with Crippen LogP contribution in [0.3, 0.4) is 0 Å². The summed E-state index contributed by atoms with van der Waals surface area (Å²) in [4.78, 5) is 36.6. The van der Waals surface area contributed by atoms with Crippen LogP contribution >= 0.6 is 0 Å². The Kier molecular flexibility index (Phi) is 5.98. The first-order valence-electron chi connectivity index (χ1n) is 6.98. The molecule has 1 N–H and O–H groups in total. The molecule has 2 atom stereocenters. The lowest BCUT2D eigenvalue weighted by atomic mass is 9.78. The molecular formula is C14H23NO5. The van der Waals surface area contributed by atoms with Crippen molar-refractivity contribution in [1.29, 1.82) is 0 Å². The van der Waals surface area contributed by atoms with Gasteiger partial charge in [-0.2, -0.15) is 0 Å². The zero-order valence-electron chi connectivity index (χ0n) is 12.3. The zero-order valence-corrected chi connectivity index (χ0v) is 12.3. The number of carboxylic acids is 1. The highest BCUT2D eigenvalue weighted by atomic mass is 16.5. The third-order valence-electron chi connectivity index (χ3n) is 3.83. The molecule has 1 aliphatic rings. The van der Waals surface area contributed by atoms with Gasteiger partial charge in [0.05, 0.1) is 18.9 Å². The van der Waals surface area contributed by atoms with E-state index in [2.05, 4.69) is 4.74 Å². The summed E-state index contributed by atoms with van der Waals surface area (Å²) in [6.45, 7) is 3.48. The van der Waals surface area contributed by atoms with E-state index in [9.17, 15) is 19.5 Å². The van der Waals surface area contributed by atoms with Gasteiger partial charge in [0.2, 0.25) is 5.91 Å². The van der Waals surface area contributed by atoms with E-state index in [0.29, 0.717) is 12.8 Å². The maximum absolute atomic E-state index is 12.6. The van der Waals surface area contributed by atoms with E-state index in [1.165, 1.54) is 12.0 Å². The number of aliphatic carboxylic acids is 1. The van der Waals surface area contributed by atoms with Crippen LogP contribution in [0.5, 0.6) is 0 Å². The zero-order chi connectivity index (χ0) is 15.3. The highest BCUT2D eigenvalue weighted by Crippen LogP contribution is 2.32. The Hall–Kier alpha value is -1.59. The van der Waals surface area contributed by atoms with Gasteiger partial charge in [0.15, 0.2) is 0 Å². The smallest absolute Gasteiger partial charge is 0.325 e. The molecule has 0 aromatic carbocycles. The number of nitrogens with zero attached hydrogens (tertiary/aromatic N) is 1. The fraction of sp³-hybridized carbons (Fsp3) is 0.786. The van der Waals surface area contributed by atoms with Gasteiger partial charge >= 0.3 is 11.9 Å². The molecule has 0 heterocycles. The predicted octanol–water partition coefficient (Wildman–Crippen LogP) is 1.29. The van der Waals surface area contributed by atoms with Crippen molar-refractivity contribution in [2.24, 2.45) is 11.8 Å². The largest absolute Gasteiger partial charge is 0.481 e. The van der Waals surface area contributed by atoms with Crippen LogP contribution in [0.15, 0.2) is 0 Å². The van der Waals surface area contributed by atoms with Crippen molar-refractivity contribution >= 4 is 17.8 Å². The van der Waals surface area contributed by atoms with Crippen LogP contribution in [0.1, 0.15) is 39.5 Å². The van der Waals surface area contributed by atoms with Gasteiger partial charge in [0, 0.05) is 6.04 Å². The maximum Gasteiger partial charge on any atom is 0.325 e. The molecule has 0 saturated heterocycles. The van der Waals surface area contributed by atoms with Crippen molar-refractivity contribution in [1.82, 2.24) is 4.90 Å². The highest BCUT2D eigenvalue weighted by Gasteiger charge is 2.38. The van der Waals surface area contributed by atoms with Crippen molar-refractivity contribution in [3.05, 3.63) is 0 Å². The van der Waals surface area contributed by atoms with E-state index in [-0.39, 0.29) is 18.5 Å². The molecule has 0 aromatic heterocycles. The number of amides is 1. The van der Waals surface area contributed by atoms with Gasteiger partial charge in [0.1, 0.15) is 6.54 Å². The minimum Gasteiger partial charge on any atom is -0.481 e. The first-order chi connectivity index (χ1) is 9.38. The van der Waals surface area contributed by atoms with Crippen molar-refractivity contribution < 1.29 is 24.2 Å². The molecule has 0 aliphatic heterocycles. The van der Waals surface area contributed by atoms with Crippen LogP contribution in [-0.2, 0) is 19.1 Å². The Morgan fingerprint density at radius 1 is 1.20 bits per heavy atom. The van der Waals surface area contributed by atoms with Crippen molar-refractivity contribution in [3.8, 4) is 0 Å². The van der Waals surface area contributed by atoms with Crippen LogP contribution in [0.25, 0.3) is 0 Å². The van der Waals surface area contributed by atoms with Gasteiger partial charge < -0.3 is 14.7 Å². The minimum absolute atomic E-state index is 0.129. The van der Waals surface area contributed by atoms with Gasteiger partial charge in [-0.3, -0.25) is 14.4 Å². The van der Waals surface area contributed by atoms with Crippen LogP contribution < -0.4 is 0 Å². The van der Waals surface area contributed by atoms with E-state index in [1.54, 1.807) is 13.8 Å². The van der Waals surface area contributed by atoms with Gasteiger partial charge in [-0.05, 0) is 26.7 Å². The monoisotopic (exact) mass is 285 g/mol. The molecular weight excluding hydrogens is 262 g/mol. The number of esters is 1. The summed E-state index contributed by atoms with van der Waals surface area (Å²) in [7, 11) is 1.27. The fourth-order valence-electron chi connectivity index (χ4n) is 2.65. The first kappa shape index (κ1) is 16.5. The average Bonchev–Trinajstić information content (AvgIpc) is 2.43. The summed E-state index contributed by atoms with van der Waals surface area (Å²) >= 11 is 0. The van der Waals surface area contributed by atoms with Crippen LogP contribution in [0.4, 0.5) is 0 Å². The van der Waals surface area contributed by atoms with E-state index < -0.39 is 23.8 Å². The molecule has 1 aliphatic carbocycles. The summed E-state index contributed by atoms with van der Waals surface area (Å²) in [6.07, 6.45) is 2.78. The Morgan fingerprint density at radius 3 is 2.20 bits per heavy atom. The Labute approximate surface area is 119 Å². The molecule has 1 rings (SSSR count). The molecule has 6 nitrogen and oxygen atoms in total. The standard InChI is InChI=1S/C14H23NO5/c1-9(2)15(8-12(16)20-3)13(17)10-6-4-5-7-11(10)14(18)19/h9-11H,4-8H2,1-3H3,(H,18,19)/t10-,11+/m1/s1. The molecule has 0 aromatic rings. The summed E-state index contributed by atoms with van der Waals surface area (Å²) in [5, 5.41) is 9.24. The summed E-state index contributed by atoms with van der Waals surface area (Å²) < 4.78 is 4.59. The molecule has 114 valence electrons. The molecule has 20 heavy (non-hydrogen) atoms. The topological polar surface area (TPSA) is 83.9 Å². The van der Waals surface area contributed by atoms with E-state index in [1.807, 2.05) is 0 Å². The Bertz CT molecular complexity index is 380. The third-order valence-corrected chi connectivity index (χ3v) is 3.83. The lowest BCUT2D eigenvalue weighted by Crippen LogP contribution is -2.47. The van der Waals surface area contributed by atoms with E-state index in [4.69, 9.17) is 0 Å². The fourth-order valence-corrected chi connectivity index (χ4v) is 2.65. The van der Waals surface area contributed by atoms with Crippen LogP contribution in [-0.4, -0.2) is 47.5 Å². The number of carbonyl (C=O) groups excluding carboxylic acids is 2. The van der Waals surface area contributed by atoms with Crippen LogP contribution in [0, 0.1) is 11.8 Å². The highest BCUT2D eigenvalue weighted by molar-refractivity contribution is 5.87. The SMILES string of the molecule is COC(=O)CN(C(=O)[C@@H]1CCCC[C@@H]1C(=O)O)C(C)C. The van der Waals surface area contributed by atoms with Gasteiger partial charge in [-0.25, -0.2) is 0 Å². The summed E-state index contributed by atoms with van der Waals surface area (Å²) in [5.74, 6) is -2.85. The number of carbonyl (C=O) groups is 3. The van der Waals surface area contributed by atoms with E-state index >= 15 is 0 Å². The van der Waals surface area contributed by atoms with Gasteiger partial charge in [0.25, 0.3) is 0 Å². The quantitative estimate of drug-likeness (QED) is 0.769. The molecule has 1 fully saturated rings. The summed E-state index contributed by atoms with van der Waals surface area (Å²) in [6, 6.07) is -0.169. The number of ether oxygens (including phenoxy) is 1. The average molecular weight is 285 g/mol. The Balaban J connectivity index is 2.86. The minimum atomic E-state index is -0.926. The lowest BCUT2D eigenvalue weighted by Gasteiger charge is -2.34. The summed E-state index contributed by atoms with van der Waals surface area (Å²) in [5.41, 5.74) is 0. The molecule has 6 heteroatoms. The molecule has 0 radical (unpaired) electrons. The second-order valence-electron chi connectivity index (χ2n) is 5.47. The molecule has 1 saturated carbocycles. The molecule has 0 unspecified atom stereocenters. The number of hydrogen-bond acceptors (Lipinski definition) is 4.